The van der Waals surface area contributed by atoms with Crippen molar-refractivity contribution >= 4 is 11.6 Å². The number of carbonyl (C=O) groups excluding carboxylic acids is 1. The van der Waals surface area contributed by atoms with E-state index in [4.69, 9.17) is 0 Å². The lowest BCUT2D eigenvalue weighted by Gasteiger charge is -2.44. The Bertz CT molecular complexity index is 426. The summed E-state index contributed by atoms with van der Waals surface area (Å²) >= 11 is 0. The normalized spacial score (nSPS) is 19.0. The molecule has 1 saturated heterocycles. The molecule has 1 aromatic rings. The van der Waals surface area contributed by atoms with Gasteiger partial charge in [-0.2, -0.15) is 0 Å². The van der Waals surface area contributed by atoms with E-state index in [0.717, 1.165) is 6.42 Å². The molecule has 1 aromatic carbocycles. The quantitative estimate of drug-likeness (QED) is 0.845. The number of rotatable bonds is 2. The van der Waals surface area contributed by atoms with Gasteiger partial charge in [0.25, 0.3) is 0 Å². The van der Waals surface area contributed by atoms with Crippen molar-refractivity contribution in [3.05, 3.63) is 29.8 Å². The molecule has 1 amide bonds. The van der Waals surface area contributed by atoms with Crippen molar-refractivity contribution in [1.29, 1.82) is 0 Å². The lowest BCUT2D eigenvalue weighted by Crippen LogP contribution is -2.60. The molecule has 17 heavy (non-hydrogen) atoms. The number of aryl methyl sites for hydroxylation is 1. The summed E-state index contributed by atoms with van der Waals surface area (Å²) < 4.78 is 0. The first kappa shape index (κ1) is 12.0. The average Bonchev–Trinajstić information content (AvgIpc) is 2.32. The van der Waals surface area contributed by atoms with E-state index in [0.29, 0.717) is 13.1 Å². The number of piperazine rings is 1. The Kier molecular flexibility index (Phi) is 3.09. The number of nitrogens with one attached hydrogen (secondary N) is 1. The zero-order valence-corrected chi connectivity index (χ0v) is 10.8. The third kappa shape index (κ3) is 2.28. The van der Waals surface area contributed by atoms with Crippen molar-refractivity contribution in [2.45, 2.75) is 32.7 Å². The highest BCUT2D eigenvalue weighted by Crippen LogP contribution is 2.29. The Balaban J connectivity index is 2.39. The fourth-order valence-corrected chi connectivity index (χ4v) is 2.31. The highest BCUT2D eigenvalue weighted by Gasteiger charge is 2.33. The van der Waals surface area contributed by atoms with Crippen LogP contribution in [0.2, 0.25) is 0 Å². The van der Waals surface area contributed by atoms with Crippen molar-refractivity contribution in [2.75, 3.05) is 18.0 Å². The summed E-state index contributed by atoms with van der Waals surface area (Å²) in [7, 11) is 0. The van der Waals surface area contributed by atoms with Crippen LogP contribution in [0.1, 0.15) is 26.3 Å². The molecular formula is C14H20N2O. The minimum atomic E-state index is -0.0286. The van der Waals surface area contributed by atoms with Gasteiger partial charge in [-0.05, 0) is 31.9 Å². The summed E-state index contributed by atoms with van der Waals surface area (Å²) in [6.07, 6.45) is 0.990. The molecule has 0 spiro atoms. The summed E-state index contributed by atoms with van der Waals surface area (Å²) in [5.74, 6) is 0.107. The van der Waals surface area contributed by atoms with Crippen LogP contribution in [0.25, 0.3) is 0 Å². The van der Waals surface area contributed by atoms with Gasteiger partial charge in [0.15, 0.2) is 0 Å². The molecule has 1 aliphatic rings. The van der Waals surface area contributed by atoms with E-state index in [1.165, 1.54) is 11.3 Å². The maximum atomic E-state index is 11.6. The molecule has 0 saturated carbocycles. The summed E-state index contributed by atoms with van der Waals surface area (Å²) in [6, 6.07) is 8.34. The van der Waals surface area contributed by atoms with E-state index in [1.54, 1.807) is 0 Å². The van der Waals surface area contributed by atoms with Gasteiger partial charge < -0.3 is 10.2 Å². The Hall–Kier alpha value is -1.51. The maximum Gasteiger partial charge on any atom is 0.239 e. The number of hydrogen-bond donors (Lipinski definition) is 1. The largest absolute Gasteiger partial charge is 0.355 e. The summed E-state index contributed by atoms with van der Waals surface area (Å²) in [6.45, 7) is 7.63. The first-order chi connectivity index (χ1) is 8.04. The van der Waals surface area contributed by atoms with Crippen LogP contribution in [-0.4, -0.2) is 24.5 Å². The van der Waals surface area contributed by atoms with Gasteiger partial charge in [-0.25, -0.2) is 0 Å². The number of anilines is 1. The van der Waals surface area contributed by atoms with Crippen molar-refractivity contribution < 1.29 is 4.79 Å². The van der Waals surface area contributed by atoms with Crippen LogP contribution < -0.4 is 10.2 Å². The number of para-hydroxylation sites is 1. The van der Waals surface area contributed by atoms with E-state index in [-0.39, 0.29) is 11.4 Å². The summed E-state index contributed by atoms with van der Waals surface area (Å²) in [5, 5.41) is 2.93. The van der Waals surface area contributed by atoms with Crippen molar-refractivity contribution in [2.24, 2.45) is 0 Å². The Morgan fingerprint density at radius 1 is 1.35 bits per heavy atom. The second kappa shape index (κ2) is 4.40. The zero-order chi connectivity index (χ0) is 12.5. The Morgan fingerprint density at radius 3 is 2.76 bits per heavy atom. The number of amides is 1. The van der Waals surface area contributed by atoms with Crippen LogP contribution >= 0.6 is 0 Å². The molecule has 0 aromatic heterocycles. The van der Waals surface area contributed by atoms with Gasteiger partial charge in [0.05, 0.1) is 12.1 Å². The zero-order valence-electron chi connectivity index (χ0n) is 10.8. The van der Waals surface area contributed by atoms with E-state index in [1.807, 2.05) is 6.07 Å². The highest BCUT2D eigenvalue weighted by molar-refractivity contribution is 5.84. The minimum absolute atomic E-state index is 0.0286. The smallest absolute Gasteiger partial charge is 0.239 e. The molecule has 3 heteroatoms. The van der Waals surface area contributed by atoms with Crippen LogP contribution in [0.3, 0.4) is 0 Å². The topological polar surface area (TPSA) is 32.3 Å². The number of nitrogens with zero attached hydrogens (tertiary/aromatic N) is 1. The highest BCUT2D eigenvalue weighted by atomic mass is 16.2. The van der Waals surface area contributed by atoms with Gasteiger partial charge in [0.2, 0.25) is 5.91 Å². The first-order valence-corrected chi connectivity index (χ1v) is 6.17. The molecule has 0 bridgehead atoms. The lowest BCUT2D eigenvalue weighted by atomic mass is 9.97. The van der Waals surface area contributed by atoms with E-state index in [9.17, 15) is 4.79 Å². The second-order valence-electron chi connectivity index (χ2n) is 5.16. The van der Waals surface area contributed by atoms with Crippen LogP contribution in [0, 0.1) is 0 Å². The molecule has 92 valence electrons. The fourth-order valence-electron chi connectivity index (χ4n) is 2.31. The van der Waals surface area contributed by atoms with Gasteiger partial charge in [-0.3, -0.25) is 4.79 Å². The average molecular weight is 232 g/mol. The fraction of sp³-hybridized carbons (Fsp3) is 0.500. The van der Waals surface area contributed by atoms with Crippen LogP contribution in [-0.2, 0) is 11.2 Å². The SMILES string of the molecule is CCc1ccccc1N1CC(=O)NCC1(C)C. The van der Waals surface area contributed by atoms with E-state index >= 15 is 0 Å². The van der Waals surface area contributed by atoms with E-state index < -0.39 is 0 Å². The molecule has 0 unspecified atom stereocenters. The summed E-state index contributed by atoms with van der Waals surface area (Å²) in [4.78, 5) is 13.8. The third-order valence-electron chi connectivity index (χ3n) is 3.41. The molecule has 1 fully saturated rings. The molecule has 0 radical (unpaired) electrons. The second-order valence-corrected chi connectivity index (χ2v) is 5.16. The third-order valence-corrected chi connectivity index (χ3v) is 3.41. The summed E-state index contributed by atoms with van der Waals surface area (Å²) in [5.41, 5.74) is 2.46. The Morgan fingerprint density at radius 2 is 2.06 bits per heavy atom. The van der Waals surface area contributed by atoms with Gasteiger partial charge in [-0.1, -0.05) is 25.1 Å². The van der Waals surface area contributed by atoms with Crippen LogP contribution in [0.4, 0.5) is 5.69 Å². The predicted octanol–water partition coefficient (Wildman–Crippen LogP) is 1.96. The van der Waals surface area contributed by atoms with Gasteiger partial charge in [0, 0.05) is 12.2 Å². The molecule has 0 atom stereocenters. The number of carbonyl (C=O) groups is 1. The number of hydrogen-bond acceptors (Lipinski definition) is 2. The standard InChI is InChI=1S/C14H20N2O/c1-4-11-7-5-6-8-12(11)16-9-13(17)15-10-14(16,2)3/h5-8H,4,9-10H2,1-3H3,(H,15,17). The predicted molar refractivity (Wildman–Crippen MR) is 70.3 cm³/mol. The Labute approximate surface area is 103 Å². The molecule has 0 aliphatic carbocycles. The molecule has 1 heterocycles. The van der Waals surface area contributed by atoms with Gasteiger partial charge >= 0.3 is 0 Å². The van der Waals surface area contributed by atoms with Crippen LogP contribution in [0.5, 0.6) is 0 Å². The van der Waals surface area contributed by atoms with Crippen molar-refractivity contribution in [1.82, 2.24) is 5.32 Å². The monoisotopic (exact) mass is 232 g/mol. The number of benzene rings is 1. The molecule has 1 N–H and O–H groups in total. The molecule has 1 aliphatic heterocycles. The first-order valence-electron chi connectivity index (χ1n) is 6.17. The van der Waals surface area contributed by atoms with Crippen molar-refractivity contribution in [3.63, 3.8) is 0 Å². The van der Waals surface area contributed by atoms with Gasteiger partial charge in [-0.15, -0.1) is 0 Å². The lowest BCUT2D eigenvalue weighted by molar-refractivity contribution is -0.121. The van der Waals surface area contributed by atoms with Crippen LogP contribution in [0.15, 0.2) is 24.3 Å². The van der Waals surface area contributed by atoms with E-state index in [2.05, 4.69) is 49.2 Å². The van der Waals surface area contributed by atoms with Crippen molar-refractivity contribution in [3.8, 4) is 0 Å². The minimum Gasteiger partial charge on any atom is -0.355 e. The molecular weight excluding hydrogens is 212 g/mol. The molecule has 2 rings (SSSR count). The molecule has 3 nitrogen and oxygen atoms in total. The maximum absolute atomic E-state index is 11.6. The van der Waals surface area contributed by atoms with Gasteiger partial charge in [0.1, 0.15) is 0 Å².